The van der Waals surface area contributed by atoms with Gasteiger partial charge < -0.3 is 5.11 Å². The second-order valence-electron chi connectivity index (χ2n) is 4.14. The van der Waals surface area contributed by atoms with Crippen LogP contribution in [0, 0.1) is 20.8 Å². The van der Waals surface area contributed by atoms with Crippen molar-refractivity contribution in [3.05, 3.63) is 40.5 Å². The third-order valence-electron chi connectivity index (χ3n) is 2.47. The molecule has 0 aromatic heterocycles. The van der Waals surface area contributed by atoms with Crippen LogP contribution < -0.4 is 5.11 Å². The minimum Gasteiger partial charge on any atom is -0.872 e. The lowest BCUT2D eigenvalue weighted by Gasteiger charge is -2.19. The molecular formula is C13H12F3O2-. The van der Waals surface area contributed by atoms with E-state index in [1.165, 1.54) is 0 Å². The molecule has 0 aliphatic carbocycles. The van der Waals surface area contributed by atoms with Gasteiger partial charge in [0, 0.05) is 0 Å². The third kappa shape index (κ3) is 3.12. The van der Waals surface area contributed by atoms with E-state index in [4.69, 9.17) is 0 Å². The zero-order valence-corrected chi connectivity index (χ0v) is 10.2. The second-order valence-corrected chi connectivity index (χ2v) is 4.14. The maximum absolute atomic E-state index is 12.1. The summed E-state index contributed by atoms with van der Waals surface area (Å²) in [5.41, 5.74) is 2.18. The molecule has 2 nitrogen and oxygen atoms in total. The largest absolute Gasteiger partial charge is 0.872 e. The highest BCUT2D eigenvalue weighted by Gasteiger charge is 2.36. The lowest BCUT2D eigenvalue weighted by atomic mass is 9.98. The highest BCUT2D eigenvalue weighted by Crippen LogP contribution is 2.23. The molecule has 0 atom stereocenters. The van der Waals surface area contributed by atoms with Crippen LogP contribution in [0.15, 0.2) is 18.2 Å². The summed E-state index contributed by atoms with van der Waals surface area (Å²) in [5, 5.41) is 11.7. The normalized spacial score (nSPS) is 12.7. The topological polar surface area (TPSA) is 40.1 Å². The van der Waals surface area contributed by atoms with Gasteiger partial charge in [-0.15, -0.1) is 0 Å². The smallest absolute Gasteiger partial charge is 0.454 e. The first-order chi connectivity index (χ1) is 8.12. The number of rotatable bonds is 2. The van der Waals surface area contributed by atoms with E-state index in [-0.39, 0.29) is 11.6 Å². The maximum Gasteiger partial charge on any atom is 0.454 e. The molecule has 0 heterocycles. The van der Waals surface area contributed by atoms with Crippen LogP contribution in [0.25, 0.3) is 5.76 Å². The summed E-state index contributed by atoms with van der Waals surface area (Å²) in [7, 11) is 0. The first kappa shape index (κ1) is 14.3. The van der Waals surface area contributed by atoms with Gasteiger partial charge in [-0.3, -0.25) is 4.79 Å². The fourth-order valence-corrected chi connectivity index (χ4v) is 1.84. The summed E-state index contributed by atoms with van der Waals surface area (Å²) in [6.45, 7) is 5.07. The molecule has 1 aromatic carbocycles. The monoisotopic (exact) mass is 257 g/mol. The molecule has 0 fully saturated rings. The molecule has 1 aromatic rings. The fraction of sp³-hybridized carbons (Fsp3) is 0.308. The van der Waals surface area contributed by atoms with Crippen molar-refractivity contribution >= 4 is 11.5 Å². The van der Waals surface area contributed by atoms with Gasteiger partial charge in [-0.05, 0) is 43.5 Å². The summed E-state index contributed by atoms with van der Waals surface area (Å²) < 4.78 is 36.2. The first-order valence-corrected chi connectivity index (χ1v) is 5.21. The highest BCUT2D eigenvalue weighted by atomic mass is 19.4. The summed E-state index contributed by atoms with van der Waals surface area (Å²) in [4.78, 5) is 10.7. The molecule has 18 heavy (non-hydrogen) atoms. The number of ketones is 1. The molecule has 1 rings (SSSR count). The summed E-state index contributed by atoms with van der Waals surface area (Å²) in [6.07, 6.45) is -4.91. The first-order valence-electron chi connectivity index (χ1n) is 5.21. The zero-order chi connectivity index (χ0) is 14.1. The predicted molar refractivity (Wildman–Crippen MR) is 59.7 cm³/mol. The molecule has 0 amide bonds. The second kappa shape index (κ2) is 4.84. The number of carbonyl (C=O) groups excluding carboxylic acids is 1. The van der Waals surface area contributed by atoms with Crippen LogP contribution in [-0.2, 0) is 4.79 Å². The van der Waals surface area contributed by atoms with E-state index < -0.39 is 17.7 Å². The van der Waals surface area contributed by atoms with E-state index >= 15 is 0 Å². The Kier molecular flexibility index (Phi) is 3.84. The van der Waals surface area contributed by atoms with Crippen molar-refractivity contribution in [3.63, 3.8) is 0 Å². The number of allylic oxidation sites excluding steroid dienone is 1. The molecule has 0 radical (unpaired) electrons. The van der Waals surface area contributed by atoms with E-state index in [0.29, 0.717) is 11.1 Å². The lowest BCUT2D eigenvalue weighted by Crippen LogP contribution is -2.22. The predicted octanol–water partition coefficient (Wildman–Crippen LogP) is 2.44. The Balaban J connectivity index is 3.24. The molecule has 0 aliphatic heterocycles. The van der Waals surface area contributed by atoms with Crippen molar-refractivity contribution in [1.29, 1.82) is 0 Å². The molecule has 0 spiro atoms. The van der Waals surface area contributed by atoms with Crippen LogP contribution in [0.2, 0.25) is 0 Å². The van der Waals surface area contributed by atoms with Crippen molar-refractivity contribution in [3.8, 4) is 0 Å². The van der Waals surface area contributed by atoms with Crippen LogP contribution in [-0.4, -0.2) is 12.0 Å². The van der Waals surface area contributed by atoms with Crippen molar-refractivity contribution in [2.75, 3.05) is 0 Å². The third-order valence-corrected chi connectivity index (χ3v) is 2.47. The molecule has 0 saturated heterocycles. The van der Waals surface area contributed by atoms with Gasteiger partial charge in [0.1, 0.15) is 0 Å². The zero-order valence-electron chi connectivity index (χ0n) is 10.2. The van der Waals surface area contributed by atoms with Crippen LogP contribution in [0.3, 0.4) is 0 Å². The van der Waals surface area contributed by atoms with Gasteiger partial charge in [0.2, 0.25) is 0 Å². The SMILES string of the molecule is Cc1cc(C)c(/C([O-])=C/C(=O)C(F)(F)F)c(C)c1. The van der Waals surface area contributed by atoms with Crippen LogP contribution in [0.5, 0.6) is 0 Å². The fourth-order valence-electron chi connectivity index (χ4n) is 1.84. The summed E-state index contributed by atoms with van der Waals surface area (Å²) in [6, 6.07) is 3.37. The molecule has 5 heteroatoms. The van der Waals surface area contributed by atoms with E-state index in [9.17, 15) is 23.1 Å². The van der Waals surface area contributed by atoms with Crippen molar-refractivity contribution in [2.45, 2.75) is 26.9 Å². The Morgan fingerprint density at radius 2 is 1.61 bits per heavy atom. The number of aryl methyl sites for hydroxylation is 3. The molecule has 0 bridgehead atoms. The summed E-state index contributed by atoms with van der Waals surface area (Å²) in [5.74, 6) is -3.04. The number of benzene rings is 1. The number of hydrogen-bond donors (Lipinski definition) is 0. The number of carbonyl (C=O) groups is 1. The maximum atomic E-state index is 12.1. The van der Waals surface area contributed by atoms with Gasteiger partial charge in [0.15, 0.2) is 0 Å². The Labute approximate surface area is 103 Å². The molecule has 0 N–H and O–H groups in total. The standard InChI is InChI=1S/C13H13F3O2/c1-7-4-8(2)12(9(3)5-7)10(17)6-11(18)13(14,15)16/h4-6,17H,1-3H3/p-1/b10-6-. The molecule has 0 saturated carbocycles. The van der Waals surface area contributed by atoms with Crippen molar-refractivity contribution in [2.24, 2.45) is 0 Å². The quantitative estimate of drug-likeness (QED) is 0.603. The van der Waals surface area contributed by atoms with Crippen LogP contribution >= 0.6 is 0 Å². The van der Waals surface area contributed by atoms with Crippen molar-refractivity contribution in [1.82, 2.24) is 0 Å². The molecule has 0 unspecified atom stereocenters. The molecule has 98 valence electrons. The van der Waals surface area contributed by atoms with E-state index in [1.54, 1.807) is 26.0 Å². The van der Waals surface area contributed by atoms with Gasteiger partial charge in [-0.1, -0.05) is 23.5 Å². The highest BCUT2D eigenvalue weighted by molar-refractivity contribution is 5.99. The van der Waals surface area contributed by atoms with Gasteiger partial charge in [-0.2, -0.15) is 13.2 Å². The number of alkyl halides is 3. The molecule has 0 aliphatic rings. The van der Waals surface area contributed by atoms with Gasteiger partial charge in [0.25, 0.3) is 5.78 Å². The number of hydrogen-bond acceptors (Lipinski definition) is 2. The average Bonchev–Trinajstić information content (AvgIpc) is 2.13. The van der Waals surface area contributed by atoms with Crippen LogP contribution in [0.4, 0.5) is 13.2 Å². The Bertz CT molecular complexity index is 490. The summed E-state index contributed by atoms with van der Waals surface area (Å²) >= 11 is 0. The van der Waals surface area contributed by atoms with Crippen molar-refractivity contribution < 1.29 is 23.1 Å². The van der Waals surface area contributed by atoms with E-state index in [2.05, 4.69) is 0 Å². The Morgan fingerprint density at radius 3 is 2.00 bits per heavy atom. The van der Waals surface area contributed by atoms with Gasteiger partial charge >= 0.3 is 6.18 Å². The van der Waals surface area contributed by atoms with E-state index in [1.807, 2.05) is 6.92 Å². The van der Waals surface area contributed by atoms with Gasteiger partial charge in [0.05, 0.1) is 0 Å². The van der Waals surface area contributed by atoms with E-state index in [0.717, 1.165) is 5.56 Å². The molecular weight excluding hydrogens is 245 g/mol. The van der Waals surface area contributed by atoms with Gasteiger partial charge in [-0.25, -0.2) is 0 Å². The minimum atomic E-state index is -5.01. The Hall–Kier alpha value is -1.78. The van der Waals surface area contributed by atoms with Crippen LogP contribution in [0.1, 0.15) is 22.3 Å². The Morgan fingerprint density at radius 1 is 1.17 bits per heavy atom. The lowest BCUT2D eigenvalue weighted by molar-refractivity contribution is -0.244. The average molecular weight is 257 g/mol. The minimum absolute atomic E-state index is 0.102. The number of halogens is 3.